The number of carbonyl (C=O) groups is 1. The van der Waals surface area contributed by atoms with Crippen LogP contribution in [0, 0.1) is 0 Å². The van der Waals surface area contributed by atoms with Crippen molar-refractivity contribution in [3.63, 3.8) is 0 Å². The van der Waals surface area contributed by atoms with Crippen LogP contribution in [-0.2, 0) is 11.4 Å². The SMILES string of the molecule is O=C(O)N[S+]([O-])c1ccccc1. The lowest BCUT2D eigenvalue weighted by molar-refractivity contribution is 0.201. The third kappa shape index (κ3) is 2.44. The predicted molar refractivity (Wildman–Crippen MR) is 44.0 cm³/mol. The molecule has 0 saturated carbocycles. The van der Waals surface area contributed by atoms with E-state index in [1.165, 1.54) is 0 Å². The fourth-order valence-electron chi connectivity index (χ4n) is 0.682. The van der Waals surface area contributed by atoms with Crippen LogP contribution in [0.25, 0.3) is 0 Å². The number of nitrogens with one attached hydrogen (secondary N) is 1. The molecule has 0 aliphatic heterocycles. The van der Waals surface area contributed by atoms with Gasteiger partial charge in [-0.05, 0) is 12.1 Å². The molecule has 0 fully saturated rings. The molecule has 1 amide bonds. The van der Waals surface area contributed by atoms with Crippen molar-refractivity contribution < 1.29 is 14.5 Å². The van der Waals surface area contributed by atoms with Crippen LogP contribution in [0.3, 0.4) is 0 Å². The molecule has 0 aliphatic carbocycles. The van der Waals surface area contributed by atoms with Gasteiger partial charge in [0.15, 0.2) is 4.90 Å². The van der Waals surface area contributed by atoms with Gasteiger partial charge in [-0.2, -0.15) is 0 Å². The van der Waals surface area contributed by atoms with E-state index >= 15 is 0 Å². The van der Waals surface area contributed by atoms with E-state index in [0.717, 1.165) is 0 Å². The molecule has 0 aromatic heterocycles. The molecule has 1 unspecified atom stereocenters. The van der Waals surface area contributed by atoms with Gasteiger partial charge >= 0.3 is 6.09 Å². The van der Waals surface area contributed by atoms with Crippen LogP contribution >= 0.6 is 0 Å². The van der Waals surface area contributed by atoms with Gasteiger partial charge in [-0.1, -0.05) is 18.2 Å². The Morgan fingerprint density at radius 2 is 2.00 bits per heavy atom. The number of rotatable bonds is 2. The minimum atomic E-state index is -1.66. The Labute approximate surface area is 72.5 Å². The average molecular weight is 185 g/mol. The summed E-state index contributed by atoms with van der Waals surface area (Å²) in [6.45, 7) is 0. The quantitative estimate of drug-likeness (QED) is 0.674. The molecule has 0 radical (unpaired) electrons. The molecule has 1 rings (SSSR count). The zero-order valence-electron chi connectivity index (χ0n) is 6.06. The summed E-state index contributed by atoms with van der Waals surface area (Å²) < 4.78 is 12.9. The minimum absolute atomic E-state index is 0.444. The second-order valence-electron chi connectivity index (χ2n) is 1.99. The Morgan fingerprint density at radius 1 is 1.42 bits per heavy atom. The van der Waals surface area contributed by atoms with Gasteiger partial charge in [0.1, 0.15) is 11.4 Å². The maximum absolute atomic E-state index is 11.1. The van der Waals surface area contributed by atoms with Crippen LogP contribution in [0.5, 0.6) is 0 Å². The van der Waals surface area contributed by atoms with Gasteiger partial charge in [0.2, 0.25) is 0 Å². The number of carboxylic acid groups (broad SMARTS) is 1. The first kappa shape index (κ1) is 8.89. The summed E-state index contributed by atoms with van der Waals surface area (Å²) in [4.78, 5) is 10.5. The highest BCUT2D eigenvalue weighted by Crippen LogP contribution is 2.06. The van der Waals surface area contributed by atoms with Crippen molar-refractivity contribution in [2.45, 2.75) is 4.90 Å². The summed E-state index contributed by atoms with van der Waals surface area (Å²) >= 11 is -1.66. The zero-order chi connectivity index (χ0) is 8.97. The van der Waals surface area contributed by atoms with Crippen LogP contribution in [0.15, 0.2) is 35.2 Å². The van der Waals surface area contributed by atoms with Gasteiger partial charge in [0.25, 0.3) is 0 Å². The second kappa shape index (κ2) is 3.99. The first-order chi connectivity index (χ1) is 5.70. The molecule has 0 aliphatic rings. The van der Waals surface area contributed by atoms with Crippen LogP contribution in [0.1, 0.15) is 0 Å². The van der Waals surface area contributed by atoms with E-state index < -0.39 is 17.5 Å². The third-order valence-electron chi connectivity index (χ3n) is 1.14. The third-order valence-corrected chi connectivity index (χ3v) is 2.20. The fourth-order valence-corrected chi connectivity index (χ4v) is 1.36. The summed E-state index contributed by atoms with van der Waals surface area (Å²) in [6, 6.07) is 8.33. The lowest BCUT2D eigenvalue weighted by Crippen LogP contribution is -2.28. The lowest BCUT2D eigenvalue weighted by atomic mass is 10.4. The molecule has 1 atom stereocenters. The van der Waals surface area contributed by atoms with Crippen LogP contribution in [-0.4, -0.2) is 15.8 Å². The fraction of sp³-hybridized carbons (Fsp3) is 0. The largest absolute Gasteiger partial charge is 0.588 e. The molecule has 64 valence electrons. The zero-order valence-corrected chi connectivity index (χ0v) is 6.88. The van der Waals surface area contributed by atoms with Gasteiger partial charge in [-0.3, -0.25) is 0 Å². The Balaban J connectivity index is 2.65. The molecular weight excluding hydrogens is 178 g/mol. The Kier molecular flexibility index (Phi) is 2.95. The topological polar surface area (TPSA) is 72.4 Å². The Morgan fingerprint density at radius 3 is 2.50 bits per heavy atom. The Hall–Kier alpha value is -1.20. The maximum Gasteiger partial charge on any atom is 0.446 e. The smallest absolute Gasteiger partial charge is 0.446 e. The molecule has 4 nitrogen and oxygen atoms in total. The van der Waals surface area contributed by atoms with E-state index in [-0.39, 0.29) is 0 Å². The number of benzene rings is 1. The van der Waals surface area contributed by atoms with Crippen molar-refractivity contribution in [3.05, 3.63) is 30.3 Å². The van der Waals surface area contributed by atoms with E-state index in [2.05, 4.69) is 0 Å². The van der Waals surface area contributed by atoms with Crippen molar-refractivity contribution in [2.24, 2.45) is 0 Å². The summed E-state index contributed by atoms with van der Waals surface area (Å²) in [5, 5.41) is 8.24. The van der Waals surface area contributed by atoms with E-state index in [1.807, 2.05) is 4.72 Å². The van der Waals surface area contributed by atoms with E-state index in [4.69, 9.17) is 5.11 Å². The van der Waals surface area contributed by atoms with Gasteiger partial charge in [-0.25, -0.2) is 4.79 Å². The first-order valence-corrected chi connectivity index (χ1v) is 4.31. The van der Waals surface area contributed by atoms with Crippen LogP contribution < -0.4 is 4.72 Å². The molecule has 0 saturated heterocycles. The van der Waals surface area contributed by atoms with Crippen molar-refractivity contribution in [2.75, 3.05) is 0 Å². The molecule has 1 aromatic rings. The van der Waals surface area contributed by atoms with Crippen LogP contribution in [0.4, 0.5) is 4.79 Å². The monoisotopic (exact) mass is 185 g/mol. The summed E-state index contributed by atoms with van der Waals surface area (Å²) in [5.41, 5.74) is 0. The standard InChI is InChI=1S/C7H7NO3S/c9-7(10)8-12(11)6-4-2-1-3-5-6/h1-5,8H,(H,9,10). The lowest BCUT2D eigenvalue weighted by Gasteiger charge is -2.06. The average Bonchev–Trinajstić information content (AvgIpc) is 2.05. The molecule has 12 heavy (non-hydrogen) atoms. The number of hydrogen-bond acceptors (Lipinski definition) is 2. The molecule has 0 spiro atoms. The summed E-state index contributed by atoms with van der Waals surface area (Å²) in [7, 11) is 0. The highest BCUT2D eigenvalue weighted by Gasteiger charge is 2.12. The molecule has 5 heteroatoms. The first-order valence-electron chi connectivity index (χ1n) is 3.16. The van der Waals surface area contributed by atoms with Crippen molar-refractivity contribution in [1.82, 2.24) is 4.72 Å². The number of amides is 1. The van der Waals surface area contributed by atoms with E-state index in [9.17, 15) is 9.35 Å². The maximum atomic E-state index is 11.1. The molecule has 0 heterocycles. The van der Waals surface area contributed by atoms with Gasteiger partial charge in [-0.15, -0.1) is 4.72 Å². The summed E-state index contributed by atoms with van der Waals surface area (Å²) in [5.74, 6) is 0. The second-order valence-corrected chi connectivity index (χ2v) is 3.20. The van der Waals surface area contributed by atoms with Crippen LogP contribution in [0.2, 0.25) is 0 Å². The molecule has 2 N–H and O–H groups in total. The van der Waals surface area contributed by atoms with Gasteiger partial charge in [0.05, 0.1) is 0 Å². The van der Waals surface area contributed by atoms with Gasteiger partial charge < -0.3 is 9.66 Å². The minimum Gasteiger partial charge on any atom is -0.588 e. The van der Waals surface area contributed by atoms with E-state index in [1.54, 1.807) is 30.3 Å². The van der Waals surface area contributed by atoms with Gasteiger partial charge in [0, 0.05) is 0 Å². The van der Waals surface area contributed by atoms with Crippen molar-refractivity contribution >= 4 is 17.5 Å². The highest BCUT2D eigenvalue weighted by molar-refractivity contribution is 7.90. The molecule has 0 bridgehead atoms. The molecular formula is C7H7NO3S. The number of hydrogen-bond donors (Lipinski definition) is 2. The Bertz CT molecular complexity index is 265. The van der Waals surface area contributed by atoms with E-state index in [0.29, 0.717) is 4.90 Å². The normalized spacial score (nSPS) is 12.1. The predicted octanol–water partition coefficient (Wildman–Crippen LogP) is 0.977. The molecule has 1 aromatic carbocycles. The van der Waals surface area contributed by atoms with Crippen molar-refractivity contribution in [1.29, 1.82) is 0 Å². The summed E-state index contributed by atoms with van der Waals surface area (Å²) in [6.07, 6.45) is -1.29. The highest BCUT2D eigenvalue weighted by atomic mass is 32.2. The van der Waals surface area contributed by atoms with Crippen molar-refractivity contribution in [3.8, 4) is 0 Å².